The predicted octanol–water partition coefficient (Wildman–Crippen LogP) is 6.92. The minimum Gasteiger partial charge on any atom is -0.408 e. The highest BCUT2D eigenvalue weighted by Crippen LogP contribution is 2.38. The summed E-state index contributed by atoms with van der Waals surface area (Å²) in [6, 6.07) is 14.7. The van der Waals surface area contributed by atoms with Gasteiger partial charge in [-0.3, -0.25) is 9.12 Å². The van der Waals surface area contributed by atoms with E-state index in [0.29, 0.717) is 30.6 Å². The Morgan fingerprint density at radius 2 is 1.71 bits per heavy atom. The molecule has 4 rings (SSSR count). The van der Waals surface area contributed by atoms with Gasteiger partial charge in [0, 0.05) is 12.1 Å². The van der Waals surface area contributed by atoms with E-state index in [4.69, 9.17) is 32.5 Å². The first-order valence-corrected chi connectivity index (χ1v) is 13.1. The van der Waals surface area contributed by atoms with Crippen LogP contribution in [0.4, 0.5) is 18.0 Å². The van der Waals surface area contributed by atoms with Gasteiger partial charge in [-0.25, -0.2) is 18.7 Å². The van der Waals surface area contributed by atoms with Crippen LogP contribution in [0.1, 0.15) is 29.4 Å². The lowest BCUT2D eigenvalue weighted by atomic mass is 10.0. The molecule has 0 radical (unpaired) electrons. The maximum Gasteiger partial charge on any atom is 0.426 e. The lowest BCUT2D eigenvalue weighted by Gasteiger charge is -2.12. The van der Waals surface area contributed by atoms with Gasteiger partial charge in [-0.2, -0.15) is 13.2 Å². The molecule has 1 amide bonds. The zero-order valence-corrected chi connectivity index (χ0v) is 22.0. The monoisotopic (exact) mass is 585 g/mol. The van der Waals surface area contributed by atoms with Crippen molar-refractivity contribution >= 4 is 51.6 Å². The number of alkyl halides is 3. The van der Waals surface area contributed by atoms with Crippen LogP contribution in [0.3, 0.4) is 0 Å². The Kier molecular flexibility index (Phi) is 8.31. The predicted molar refractivity (Wildman–Crippen MR) is 139 cm³/mol. The van der Waals surface area contributed by atoms with Crippen molar-refractivity contribution in [1.29, 1.82) is 0 Å². The van der Waals surface area contributed by atoms with E-state index < -0.39 is 29.1 Å². The molecule has 0 aliphatic carbocycles. The highest BCUT2D eigenvalue weighted by atomic mass is 35.5. The van der Waals surface area contributed by atoms with E-state index in [9.17, 15) is 22.2 Å². The first-order chi connectivity index (χ1) is 18.0. The topological polar surface area (TPSA) is 93.5 Å². The smallest absolute Gasteiger partial charge is 0.408 e. The number of aromatic nitrogens is 2. The van der Waals surface area contributed by atoms with Crippen LogP contribution in [-0.2, 0) is 36.7 Å². The molecule has 7 nitrogen and oxygen atoms in total. The van der Waals surface area contributed by atoms with Crippen molar-refractivity contribution in [2.45, 2.75) is 32.4 Å². The molecule has 38 heavy (non-hydrogen) atoms. The van der Waals surface area contributed by atoms with Gasteiger partial charge in [-0.05, 0) is 60.4 Å². The van der Waals surface area contributed by atoms with Crippen molar-refractivity contribution in [2.24, 2.45) is 0 Å². The molecule has 1 atom stereocenters. The number of amides is 1. The Balaban J connectivity index is 1.50. The number of hydrogen-bond acceptors (Lipinski definition) is 4. The van der Waals surface area contributed by atoms with Crippen molar-refractivity contribution < 1.29 is 31.5 Å². The number of carbonyl (C=O) groups is 1. The average Bonchev–Trinajstić information content (AvgIpc) is 3.20. The van der Waals surface area contributed by atoms with Crippen molar-refractivity contribution in [3.63, 3.8) is 0 Å². The third-order valence-corrected chi connectivity index (χ3v) is 6.65. The maximum absolute atomic E-state index is 13.3. The fourth-order valence-electron chi connectivity index (χ4n) is 3.97. The Morgan fingerprint density at radius 3 is 2.32 bits per heavy atom. The molecule has 0 saturated heterocycles. The molecule has 200 valence electrons. The molecular formula is C25H20Cl2F3N3O4S. The summed E-state index contributed by atoms with van der Waals surface area (Å²) in [4.78, 5) is 15.9. The SMILES string of the molecule is CCc1nc2cc(C(F)(F)F)c(Cl)cc2n1-c1ccc(CCc2ccc(OC(=O)NS(=O)O)c(Cl)c2)cc1. The van der Waals surface area contributed by atoms with E-state index >= 15 is 0 Å². The minimum atomic E-state index is -4.57. The van der Waals surface area contributed by atoms with Crippen LogP contribution < -0.4 is 9.46 Å². The van der Waals surface area contributed by atoms with Crippen LogP contribution in [0.25, 0.3) is 16.7 Å². The van der Waals surface area contributed by atoms with Crippen molar-refractivity contribution in [1.82, 2.24) is 14.3 Å². The molecule has 1 aromatic heterocycles. The van der Waals surface area contributed by atoms with Crippen LogP contribution in [0.5, 0.6) is 5.75 Å². The van der Waals surface area contributed by atoms with Gasteiger partial charge >= 0.3 is 12.3 Å². The summed E-state index contributed by atoms with van der Waals surface area (Å²) < 4.78 is 67.5. The van der Waals surface area contributed by atoms with Crippen molar-refractivity contribution in [2.75, 3.05) is 0 Å². The molecule has 3 aromatic carbocycles. The van der Waals surface area contributed by atoms with Crippen molar-refractivity contribution in [3.8, 4) is 11.4 Å². The lowest BCUT2D eigenvalue weighted by Crippen LogP contribution is -2.28. The number of benzene rings is 3. The lowest BCUT2D eigenvalue weighted by molar-refractivity contribution is -0.137. The fourth-order valence-corrected chi connectivity index (χ4v) is 4.66. The van der Waals surface area contributed by atoms with E-state index in [1.807, 2.05) is 31.2 Å². The van der Waals surface area contributed by atoms with E-state index in [2.05, 4.69) is 4.98 Å². The summed E-state index contributed by atoms with van der Waals surface area (Å²) in [5.74, 6) is 0.656. The normalized spacial score (nSPS) is 12.5. The molecule has 0 spiro atoms. The van der Waals surface area contributed by atoms with Crippen LogP contribution >= 0.6 is 23.2 Å². The number of imidazole rings is 1. The van der Waals surface area contributed by atoms with Gasteiger partial charge in [-0.1, -0.05) is 48.3 Å². The van der Waals surface area contributed by atoms with Crippen LogP contribution in [0.15, 0.2) is 54.6 Å². The minimum absolute atomic E-state index is 0.0458. The Labute approximate surface area is 227 Å². The zero-order valence-electron chi connectivity index (χ0n) is 19.7. The van der Waals surface area contributed by atoms with E-state index in [1.54, 1.807) is 21.4 Å². The van der Waals surface area contributed by atoms with E-state index in [0.717, 1.165) is 22.9 Å². The summed E-state index contributed by atoms with van der Waals surface area (Å²) in [6.07, 6.45) is -3.89. The maximum atomic E-state index is 13.3. The molecule has 4 aromatic rings. The molecule has 1 heterocycles. The second-order valence-electron chi connectivity index (χ2n) is 8.21. The Hall–Kier alpha value is -3.12. The van der Waals surface area contributed by atoms with Crippen molar-refractivity contribution in [3.05, 3.63) is 87.2 Å². The second-order valence-corrected chi connectivity index (χ2v) is 9.72. The van der Waals surface area contributed by atoms with Crippen LogP contribution in [0.2, 0.25) is 10.0 Å². The van der Waals surface area contributed by atoms with E-state index in [1.165, 1.54) is 12.1 Å². The summed E-state index contributed by atoms with van der Waals surface area (Å²) in [6.45, 7) is 1.87. The molecule has 0 bridgehead atoms. The molecule has 2 N–H and O–H groups in total. The second kappa shape index (κ2) is 11.3. The fraction of sp³-hybridized carbons (Fsp3) is 0.200. The first-order valence-electron chi connectivity index (χ1n) is 11.2. The summed E-state index contributed by atoms with van der Waals surface area (Å²) in [5.41, 5.74) is 2.42. The number of halogens is 5. The van der Waals surface area contributed by atoms with E-state index in [-0.39, 0.29) is 21.3 Å². The number of carbonyl (C=O) groups excluding carboxylic acids is 1. The highest BCUT2D eigenvalue weighted by Gasteiger charge is 2.34. The molecular weight excluding hydrogens is 566 g/mol. The summed E-state index contributed by atoms with van der Waals surface area (Å²) in [7, 11) is 0. The Bertz CT molecular complexity index is 1530. The van der Waals surface area contributed by atoms with Gasteiger partial charge in [0.25, 0.3) is 11.3 Å². The van der Waals surface area contributed by atoms with Gasteiger partial charge in [0.1, 0.15) is 5.82 Å². The largest absolute Gasteiger partial charge is 0.426 e. The number of aryl methyl sites for hydroxylation is 3. The number of rotatable bonds is 7. The highest BCUT2D eigenvalue weighted by molar-refractivity contribution is 7.77. The number of fused-ring (bicyclic) bond motifs is 1. The summed E-state index contributed by atoms with van der Waals surface area (Å²) >= 11 is 9.59. The standard InChI is InChI=1S/C25H20Cl2F3N3O4S/c1-2-23-31-20-12-17(25(28,29)30)18(26)13-21(20)33(23)16-8-5-14(6-9-16)3-4-15-7-10-22(19(27)11-15)37-24(34)32-38(35)36/h5-13H,2-4H2,1H3,(H,32,34)(H,35,36). The molecule has 1 unspecified atom stereocenters. The molecule has 0 fully saturated rings. The number of hydrogen-bond donors (Lipinski definition) is 2. The molecule has 13 heteroatoms. The average molecular weight is 586 g/mol. The zero-order chi connectivity index (χ0) is 27.6. The van der Waals surface area contributed by atoms with Gasteiger partial charge in [0.15, 0.2) is 5.75 Å². The molecule has 0 saturated carbocycles. The third kappa shape index (κ3) is 6.29. The summed E-state index contributed by atoms with van der Waals surface area (Å²) in [5, 5.41) is -0.215. The van der Waals surface area contributed by atoms with Crippen LogP contribution in [-0.4, -0.2) is 24.4 Å². The molecule has 0 aliphatic rings. The van der Waals surface area contributed by atoms with Gasteiger partial charge in [0.05, 0.1) is 26.6 Å². The first kappa shape index (κ1) is 27.9. The number of ether oxygens (including phenoxy) is 1. The Morgan fingerprint density at radius 1 is 1.05 bits per heavy atom. The van der Waals surface area contributed by atoms with Gasteiger partial charge < -0.3 is 4.74 Å². The molecule has 0 aliphatic heterocycles. The van der Waals surface area contributed by atoms with Crippen LogP contribution in [0, 0.1) is 0 Å². The quantitative estimate of drug-likeness (QED) is 0.229. The number of nitrogens with one attached hydrogen (secondary N) is 1. The number of nitrogens with zero attached hydrogens (tertiary/aromatic N) is 2. The van der Waals surface area contributed by atoms with Gasteiger partial charge in [0.2, 0.25) is 0 Å². The van der Waals surface area contributed by atoms with Gasteiger partial charge in [-0.15, -0.1) is 0 Å². The third-order valence-electron chi connectivity index (χ3n) is 5.70.